The maximum Gasteiger partial charge on any atom is 0.511 e. The van der Waals surface area contributed by atoms with Crippen LogP contribution >= 0.6 is 0 Å². The predicted molar refractivity (Wildman–Crippen MR) is 152 cm³/mol. The summed E-state index contributed by atoms with van der Waals surface area (Å²) >= 11 is 0. The van der Waals surface area contributed by atoms with Gasteiger partial charge >= 0.3 is 6.16 Å². The number of nitrogens with zero attached hydrogens (tertiary/aromatic N) is 4. The van der Waals surface area contributed by atoms with Crippen LogP contribution in [-0.4, -0.2) is 30.2 Å². The zero-order valence-electron chi connectivity index (χ0n) is 21.8. The molecule has 6 rings (SSSR count). The lowest BCUT2D eigenvalue weighted by atomic mass is 10.0. The van der Waals surface area contributed by atoms with Gasteiger partial charge in [-0.15, -0.1) is 0 Å². The molecule has 0 bridgehead atoms. The maximum absolute atomic E-state index is 11.1. The topological polar surface area (TPSA) is 81.7 Å². The molecule has 1 N–H and O–H groups in total. The number of benzene rings is 3. The number of fused-ring (bicyclic) bond motifs is 2. The van der Waals surface area contributed by atoms with Crippen LogP contribution in [0, 0.1) is 6.92 Å². The van der Waals surface area contributed by atoms with E-state index in [1.807, 2.05) is 53.1 Å². The molecule has 0 radical (unpaired) electrons. The summed E-state index contributed by atoms with van der Waals surface area (Å²) in [6.45, 7) is 4.96. The molecule has 0 aliphatic rings. The van der Waals surface area contributed by atoms with Gasteiger partial charge in [-0.2, -0.15) is 0 Å². The van der Waals surface area contributed by atoms with Crippen molar-refractivity contribution in [3.63, 3.8) is 0 Å². The fraction of sp³-hybridized carbons (Fsp3) is 0.156. The van der Waals surface area contributed by atoms with Crippen LogP contribution in [0.5, 0.6) is 5.75 Å². The van der Waals surface area contributed by atoms with Gasteiger partial charge in [0, 0.05) is 36.5 Å². The van der Waals surface area contributed by atoms with Crippen molar-refractivity contribution in [1.82, 2.24) is 18.9 Å². The molecule has 7 heteroatoms. The molecule has 0 amide bonds. The number of aryl methyl sites for hydroxylation is 2. The molecule has 0 aliphatic carbocycles. The first-order chi connectivity index (χ1) is 19.0. The smallest absolute Gasteiger partial charge is 0.449 e. The van der Waals surface area contributed by atoms with E-state index in [0.717, 1.165) is 68.9 Å². The third kappa shape index (κ3) is 4.75. The molecule has 39 heavy (non-hydrogen) atoms. The van der Waals surface area contributed by atoms with Gasteiger partial charge < -0.3 is 18.8 Å². The van der Waals surface area contributed by atoms with Crippen LogP contribution in [0.25, 0.3) is 39.1 Å². The minimum atomic E-state index is -1.33. The Morgan fingerprint density at radius 1 is 0.949 bits per heavy atom. The summed E-state index contributed by atoms with van der Waals surface area (Å²) in [5.41, 5.74) is 8.91. The van der Waals surface area contributed by atoms with Crippen molar-refractivity contribution in [3.8, 4) is 28.1 Å². The first kappa shape index (κ1) is 24.4. The summed E-state index contributed by atoms with van der Waals surface area (Å²) in [6, 6.07) is 25.7. The predicted octanol–water partition coefficient (Wildman–Crippen LogP) is 7.38. The second kappa shape index (κ2) is 10.1. The van der Waals surface area contributed by atoms with E-state index in [0.29, 0.717) is 12.3 Å². The molecule has 3 heterocycles. The Morgan fingerprint density at radius 3 is 2.51 bits per heavy atom. The highest BCUT2D eigenvalue weighted by molar-refractivity contribution is 5.85. The van der Waals surface area contributed by atoms with Gasteiger partial charge in [-0.05, 0) is 60.4 Å². The molecule has 0 fully saturated rings. The lowest BCUT2D eigenvalue weighted by Crippen LogP contribution is -2.05. The molecule has 7 nitrogen and oxygen atoms in total. The standard InChI is InChI=1S/C32H28N4O3/c1-3-8-30-34-31-21(2)17-24(26-20-35-16-7-6-11-29(35)33-26)18-27(31)36(30)19-22-12-14-23(15-13-22)25-9-4-5-10-28(25)39-32(37)38/h4-7,9-18,20H,3,8,19H2,1-2H3,(H,37,38). The van der Waals surface area contributed by atoms with Crippen molar-refractivity contribution in [1.29, 1.82) is 0 Å². The highest BCUT2D eigenvalue weighted by atomic mass is 16.7. The number of hydrogen-bond donors (Lipinski definition) is 1. The van der Waals surface area contributed by atoms with Crippen molar-refractivity contribution in [2.45, 2.75) is 33.2 Å². The Morgan fingerprint density at radius 2 is 1.74 bits per heavy atom. The molecule has 3 aromatic carbocycles. The van der Waals surface area contributed by atoms with Gasteiger partial charge in [-0.3, -0.25) is 0 Å². The fourth-order valence-electron chi connectivity index (χ4n) is 5.11. The Kier molecular flexibility index (Phi) is 6.32. The molecule has 194 valence electrons. The van der Waals surface area contributed by atoms with E-state index >= 15 is 0 Å². The molecule has 6 aromatic rings. The Labute approximate surface area is 226 Å². The van der Waals surface area contributed by atoms with Crippen molar-refractivity contribution < 1.29 is 14.6 Å². The summed E-state index contributed by atoms with van der Waals surface area (Å²) in [5.74, 6) is 1.38. The second-order valence-corrected chi connectivity index (χ2v) is 9.68. The molecule has 0 saturated carbocycles. The minimum Gasteiger partial charge on any atom is -0.449 e. The molecule has 3 aromatic heterocycles. The summed E-state index contributed by atoms with van der Waals surface area (Å²) in [5, 5.41) is 9.09. The Hall–Kier alpha value is -4.91. The number of imidazole rings is 2. The van der Waals surface area contributed by atoms with Crippen LogP contribution in [0.2, 0.25) is 0 Å². The van der Waals surface area contributed by atoms with E-state index in [9.17, 15) is 4.79 Å². The summed E-state index contributed by atoms with van der Waals surface area (Å²) < 4.78 is 9.33. The van der Waals surface area contributed by atoms with Gasteiger partial charge in [0.1, 0.15) is 17.2 Å². The van der Waals surface area contributed by atoms with Gasteiger partial charge in [-0.1, -0.05) is 55.5 Å². The fourth-order valence-corrected chi connectivity index (χ4v) is 5.11. The quantitative estimate of drug-likeness (QED) is 0.177. The maximum atomic E-state index is 11.1. The monoisotopic (exact) mass is 516 g/mol. The largest absolute Gasteiger partial charge is 0.511 e. The van der Waals surface area contributed by atoms with E-state index in [4.69, 9.17) is 19.8 Å². The zero-order valence-corrected chi connectivity index (χ0v) is 21.8. The lowest BCUT2D eigenvalue weighted by Gasteiger charge is -2.12. The average molecular weight is 517 g/mol. The van der Waals surface area contributed by atoms with E-state index in [2.05, 4.69) is 48.9 Å². The van der Waals surface area contributed by atoms with Crippen molar-refractivity contribution in [2.24, 2.45) is 0 Å². The third-order valence-corrected chi connectivity index (χ3v) is 6.95. The van der Waals surface area contributed by atoms with Crippen LogP contribution in [0.1, 0.15) is 30.3 Å². The number of rotatable bonds is 7. The van der Waals surface area contributed by atoms with Crippen LogP contribution < -0.4 is 4.74 Å². The van der Waals surface area contributed by atoms with Crippen molar-refractivity contribution in [3.05, 3.63) is 108 Å². The molecular weight excluding hydrogens is 488 g/mol. The number of carbonyl (C=O) groups is 1. The minimum absolute atomic E-state index is 0.318. The first-order valence-corrected chi connectivity index (χ1v) is 13.0. The second-order valence-electron chi connectivity index (χ2n) is 9.68. The van der Waals surface area contributed by atoms with Crippen LogP contribution in [0.3, 0.4) is 0 Å². The highest BCUT2D eigenvalue weighted by Gasteiger charge is 2.16. The highest BCUT2D eigenvalue weighted by Crippen LogP contribution is 2.32. The van der Waals surface area contributed by atoms with Gasteiger partial charge in [-0.25, -0.2) is 14.8 Å². The SMILES string of the molecule is CCCc1nc2c(C)cc(-c3cn4ccccc4n3)cc2n1Cc1ccc(-c2ccccc2OC(=O)O)cc1. The Bertz CT molecular complexity index is 1780. The lowest BCUT2D eigenvalue weighted by molar-refractivity contribution is 0.144. The van der Waals surface area contributed by atoms with E-state index < -0.39 is 6.16 Å². The molecule has 0 atom stereocenters. The van der Waals surface area contributed by atoms with E-state index in [1.54, 1.807) is 12.1 Å². The summed E-state index contributed by atoms with van der Waals surface area (Å²) in [6.07, 6.45) is 4.63. The van der Waals surface area contributed by atoms with Gasteiger partial charge in [0.05, 0.1) is 16.7 Å². The number of carboxylic acid groups (broad SMARTS) is 1. The summed E-state index contributed by atoms with van der Waals surface area (Å²) in [7, 11) is 0. The molecular formula is C32H28N4O3. The number of para-hydroxylation sites is 1. The number of ether oxygens (including phenoxy) is 1. The third-order valence-electron chi connectivity index (χ3n) is 6.95. The van der Waals surface area contributed by atoms with Crippen molar-refractivity contribution >= 4 is 22.8 Å². The zero-order chi connectivity index (χ0) is 26.9. The average Bonchev–Trinajstić information content (AvgIpc) is 3.52. The van der Waals surface area contributed by atoms with Crippen LogP contribution in [0.4, 0.5) is 4.79 Å². The van der Waals surface area contributed by atoms with Gasteiger partial charge in [0.25, 0.3) is 0 Å². The number of pyridine rings is 1. The van der Waals surface area contributed by atoms with Gasteiger partial charge in [0.2, 0.25) is 0 Å². The molecule has 0 unspecified atom stereocenters. The number of hydrogen-bond acceptors (Lipinski definition) is 4. The van der Waals surface area contributed by atoms with E-state index in [1.165, 1.54) is 0 Å². The van der Waals surface area contributed by atoms with Crippen LogP contribution in [0.15, 0.2) is 91.3 Å². The number of aromatic nitrogens is 4. The Balaban J connectivity index is 1.38. The molecule has 0 spiro atoms. The molecule has 0 saturated heterocycles. The first-order valence-electron chi connectivity index (χ1n) is 13.0. The summed E-state index contributed by atoms with van der Waals surface area (Å²) in [4.78, 5) is 21.0. The van der Waals surface area contributed by atoms with E-state index in [-0.39, 0.29) is 0 Å². The normalized spacial score (nSPS) is 11.3. The van der Waals surface area contributed by atoms with Crippen LogP contribution in [-0.2, 0) is 13.0 Å². The van der Waals surface area contributed by atoms with Crippen molar-refractivity contribution in [2.75, 3.05) is 0 Å². The molecule has 0 aliphatic heterocycles. The van der Waals surface area contributed by atoms with Gasteiger partial charge in [0.15, 0.2) is 0 Å².